The van der Waals surface area contributed by atoms with Crippen LogP contribution < -0.4 is 0 Å². The zero-order valence-electron chi connectivity index (χ0n) is 8.94. The Morgan fingerprint density at radius 1 is 1.50 bits per heavy atom. The lowest BCUT2D eigenvalue weighted by Crippen LogP contribution is -2.21. The molecule has 0 aromatic heterocycles. The minimum absolute atomic E-state index is 0.0337. The van der Waals surface area contributed by atoms with Crippen molar-refractivity contribution in [2.75, 3.05) is 20.6 Å². The molecule has 1 rings (SSSR count). The minimum Gasteiger partial charge on any atom is -0.302 e. The second kappa shape index (κ2) is 5.05. The number of Topliss-reactive ketones (excluding diaryl/α,β-unsaturated/α-hetero) is 1. The maximum atomic E-state index is 11.6. The van der Waals surface area contributed by atoms with Crippen LogP contribution in [0.3, 0.4) is 0 Å². The molecule has 1 aromatic carbocycles. The van der Waals surface area contributed by atoms with Crippen molar-refractivity contribution in [2.24, 2.45) is 0 Å². The van der Waals surface area contributed by atoms with Gasteiger partial charge in [0.1, 0.15) is 5.02 Å². The molecule has 0 heterocycles. The van der Waals surface area contributed by atoms with Gasteiger partial charge in [0.15, 0.2) is 5.78 Å². The van der Waals surface area contributed by atoms with E-state index in [0.29, 0.717) is 5.56 Å². The SMILES string of the molecule is CN(C)CC(=O)c1ccc(Cl)c([N+](=O)[O-])c1. The lowest BCUT2D eigenvalue weighted by atomic mass is 10.1. The van der Waals surface area contributed by atoms with Crippen LogP contribution in [0.15, 0.2) is 18.2 Å². The molecule has 86 valence electrons. The van der Waals surface area contributed by atoms with Crippen molar-refractivity contribution in [1.29, 1.82) is 0 Å². The van der Waals surface area contributed by atoms with Crippen molar-refractivity contribution in [1.82, 2.24) is 4.90 Å². The summed E-state index contributed by atoms with van der Waals surface area (Å²) in [5, 5.41) is 10.7. The van der Waals surface area contributed by atoms with Crippen LogP contribution in [0.5, 0.6) is 0 Å². The zero-order chi connectivity index (χ0) is 12.3. The predicted molar refractivity (Wildman–Crippen MR) is 61.0 cm³/mol. The van der Waals surface area contributed by atoms with Gasteiger partial charge in [0.05, 0.1) is 11.5 Å². The van der Waals surface area contributed by atoms with Gasteiger partial charge in [0.25, 0.3) is 5.69 Å². The van der Waals surface area contributed by atoms with Crippen LogP contribution in [-0.2, 0) is 0 Å². The first kappa shape index (κ1) is 12.6. The standard InChI is InChI=1S/C10H11ClN2O3/c1-12(2)6-10(14)7-3-4-8(11)9(5-7)13(15)16/h3-5H,6H2,1-2H3. The smallest absolute Gasteiger partial charge is 0.288 e. The number of ketones is 1. The van der Waals surface area contributed by atoms with Crippen molar-refractivity contribution in [3.63, 3.8) is 0 Å². The van der Waals surface area contributed by atoms with E-state index >= 15 is 0 Å². The molecule has 0 amide bonds. The van der Waals surface area contributed by atoms with E-state index in [0.717, 1.165) is 0 Å². The first-order valence-corrected chi connectivity index (χ1v) is 4.91. The van der Waals surface area contributed by atoms with Gasteiger partial charge in [0.2, 0.25) is 0 Å². The highest BCUT2D eigenvalue weighted by atomic mass is 35.5. The van der Waals surface area contributed by atoms with Crippen molar-refractivity contribution < 1.29 is 9.72 Å². The predicted octanol–water partition coefficient (Wildman–Crippen LogP) is 1.99. The number of nitro benzene ring substituents is 1. The van der Waals surface area contributed by atoms with Gasteiger partial charge in [-0.25, -0.2) is 0 Å². The highest BCUT2D eigenvalue weighted by Gasteiger charge is 2.16. The Bertz CT molecular complexity index is 432. The summed E-state index contributed by atoms with van der Waals surface area (Å²) in [6.45, 7) is 0.207. The van der Waals surface area contributed by atoms with E-state index < -0.39 is 4.92 Å². The van der Waals surface area contributed by atoms with Crippen LogP contribution >= 0.6 is 11.6 Å². The minimum atomic E-state index is -0.602. The number of hydrogen-bond acceptors (Lipinski definition) is 4. The number of nitrogens with zero attached hydrogens (tertiary/aromatic N) is 2. The van der Waals surface area contributed by atoms with E-state index in [1.807, 2.05) is 0 Å². The maximum absolute atomic E-state index is 11.6. The maximum Gasteiger partial charge on any atom is 0.288 e. The van der Waals surface area contributed by atoms with Gasteiger partial charge in [-0.05, 0) is 26.2 Å². The summed E-state index contributed by atoms with van der Waals surface area (Å²) in [5.74, 6) is -0.176. The average molecular weight is 243 g/mol. The third-order valence-corrected chi connectivity index (χ3v) is 2.24. The van der Waals surface area contributed by atoms with Gasteiger partial charge in [-0.15, -0.1) is 0 Å². The molecule has 0 spiro atoms. The summed E-state index contributed by atoms with van der Waals surface area (Å²) in [7, 11) is 3.50. The molecule has 0 N–H and O–H groups in total. The van der Waals surface area contributed by atoms with Gasteiger partial charge >= 0.3 is 0 Å². The lowest BCUT2D eigenvalue weighted by molar-refractivity contribution is -0.384. The Morgan fingerprint density at radius 2 is 2.12 bits per heavy atom. The van der Waals surface area contributed by atoms with Gasteiger partial charge in [-0.2, -0.15) is 0 Å². The molecule has 6 heteroatoms. The molecule has 0 unspecified atom stereocenters. The second-order valence-corrected chi connectivity index (χ2v) is 3.99. The normalized spacial score (nSPS) is 10.5. The van der Waals surface area contributed by atoms with Crippen LogP contribution in [-0.4, -0.2) is 36.2 Å². The van der Waals surface area contributed by atoms with E-state index in [4.69, 9.17) is 11.6 Å². The fourth-order valence-corrected chi connectivity index (χ4v) is 1.39. The Balaban J connectivity index is 3.03. The molecule has 0 radical (unpaired) electrons. The molecule has 0 aliphatic heterocycles. The molecule has 0 aliphatic carbocycles. The Labute approximate surface area is 97.8 Å². The summed E-state index contributed by atoms with van der Waals surface area (Å²) < 4.78 is 0. The highest BCUT2D eigenvalue weighted by molar-refractivity contribution is 6.32. The number of benzene rings is 1. The van der Waals surface area contributed by atoms with Crippen LogP contribution in [0.4, 0.5) is 5.69 Å². The fourth-order valence-electron chi connectivity index (χ4n) is 1.20. The monoisotopic (exact) mass is 242 g/mol. The van der Waals surface area contributed by atoms with E-state index in [9.17, 15) is 14.9 Å². The molecule has 0 saturated heterocycles. The topological polar surface area (TPSA) is 63.5 Å². The number of rotatable bonds is 4. The van der Waals surface area contributed by atoms with Crippen molar-refractivity contribution in [3.8, 4) is 0 Å². The van der Waals surface area contributed by atoms with Crippen LogP contribution in [0.2, 0.25) is 5.02 Å². The Morgan fingerprint density at radius 3 is 2.62 bits per heavy atom. The third-order valence-electron chi connectivity index (χ3n) is 1.92. The first-order valence-electron chi connectivity index (χ1n) is 4.53. The van der Waals surface area contributed by atoms with Crippen LogP contribution in [0.1, 0.15) is 10.4 Å². The molecule has 0 aliphatic rings. The van der Waals surface area contributed by atoms with Gasteiger partial charge in [-0.3, -0.25) is 14.9 Å². The molecule has 1 aromatic rings. The molecule has 0 bridgehead atoms. The summed E-state index contributed by atoms with van der Waals surface area (Å²) in [5.41, 5.74) is 0.0519. The molecule has 0 saturated carbocycles. The van der Waals surface area contributed by atoms with E-state index in [1.165, 1.54) is 18.2 Å². The largest absolute Gasteiger partial charge is 0.302 e. The lowest BCUT2D eigenvalue weighted by Gasteiger charge is -2.08. The molecule has 0 fully saturated rings. The van der Waals surface area contributed by atoms with Gasteiger partial charge < -0.3 is 4.90 Å². The Kier molecular flexibility index (Phi) is 3.98. The highest BCUT2D eigenvalue weighted by Crippen LogP contribution is 2.25. The summed E-state index contributed by atoms with van der Waals surface area (Å²) in [6.07, 6.45) is 0. The fraction of sp³-hybridized carbons (Fsp3) is 0.300. The number of likely N-dealkylation sites (N-methyl/N-ethyl adjacent to an activating group) is 1. The van der Waals surface area contributed by atoms with Crippen molar-refractivity contribution >= 4 is 23.1 Å². The molecule has 5 nitrogen and oxygen atoms in total. The zero-order valence-corrected chi connectivity index (χ0v) is 9.69. The summed E-state index contributed by atoms with van der Waals surface area (Å²) in [6, 6.07) is 4.05. The third kappa shape index (κ3) is 3.01. The number of halogens is 1. The van der Waals surface area contributed by atoms with E-state index in [2.05, 4.69) is 0 Å². The Hall–Kier alpha value is -1.46. The molecular formula is C10H11ClN2O3. The number of carbonyl (C=O) groups excluding carboxylic acids is 1. The summed E-state index contributed by atoms with van der Waals surface area (Å²) in [4.78, 5) is 23.3. The molecule has 16 heavy (non-hydrogen) atoms. The number of nitro groups is 1. The average Bonchev–Trinajstić information content (AvgIpc) is 2.16. The molecular weight excluding hydrogens is 232 g/mol. The number of carbonyl (C=O) groups is 1. The van der Waals surface area contributed by atoms with E-state index in [1.54, 1.807) is 19.0 Å². The van der Waals surface area contributed by atoms with Crippen molar-refractivity contribution in [2.45, 2.75) is 0 Å². The number of hydrogen-bond donors (Lipinski definition) is 0. The summed E-state index contributed by atoms with van der Waals surface area (Å²) >= 11 is 5.64. The molecule has 0 atom stereocenters. The van der Waals surface area contributed by atoms with Gasteiger partial charge in [-0.1, -0.05) is 11.6 Å². The first-order chi connectivity index (χ1) is 7.41. The van der Waals surface area contributed by atoms with Crippen LogP contribution in [0.25, 0.3) is 0 Å². The van der Waals surface area contributed by atoms with Gasteiger partial charge in [0, 0.05) is 11.6 Å². The quantitative estimate of drug-likeness (QED) is 0.460. The van der Waals surface area contributed by atoms with Crippen molar-refractivity contribution in [3.05, 3.63) is 38.9 Å². The van der Waals surface area contributed by atoms with Crippen LogP contribution in [0, 0.1) is 10.1 Å². The second-order valence-electron chi connectivity index (χ2n) is 3.58. The van der Waals surface area contributed by atoms with E-state index in [-0.39, 0.29) is 23.0 Å².